The van der Waals surface area contributed by atoms with Crippen LogP contribution in [0.2, 0.25) is 0 Å². The first-order valence-electron chi connectivity index (χ1n) is 5.00. The second-order valence-corrected chi connectivity index (χ2v) is 4.20. The topological polar surface area (TPSA) is 60.8 Å². The summed E-state index contributed by atoms with van der Waals surface area (Å²) in [6.07, 6.45) is 0.132. The number of rotatable bonds is 7. The number of carboxylic acid groups (broad SMARTS) is 1. The Kier molecular flexibility index (Phi) is 6.49. The summed E-state index contributed by atoms with van der Waals surface area (Å²) in [4.78, 5) is 12.2. The summed E-state index contributed by atoms with van der Waals surface area (Å²) in [6, 6.07) is 0. The molecule has 1 atom stereocenters. The monoisotopic (exact) mass is 203 g/mol. The quantitative estimate of drug-likeness (QED) is 0.642. The van der Waals surface area contributed by atoms with Crippen molar-refractivity contribution in [3.63, 3.8) is 0 Å². The van der Waals surface area contributed by atoms with Crippen molar-refractivity contribution in [2.24, 2.45) is 5.92 Å². The lowest BCUT2D eigenvalue weighted by Gasteiger charge is -2.20. The van der Waals surface area contributed by atoms with Crippen molar-refractivity contribution < 1.29 is 15.0 Å². The highest BCUT2D eigenvalue weighted by Gasteiger charge is 2.11. The molecule has 0 radical (unpaired) electrons. The molecule has 0 aliphatic rings. The summed E-state index contributed by atoms with van der Waals surface area (Å²) in [5.41, 5.74) is 0. The van der Waals surface area contributed by atoms with Gasteiger partial charge in [-0.15, -0.1) is 0 Å². The maximum Gasteiger partial charge on any atom is 0.306 e. The zero-order chi connectivity index (χ0) is 11.1. The molecule has 84 valence electrons. The fourth-order valence-corrected chi connectivity index (χ4v) is 1.20. The van der Waals surface area contributed by atoms with Gasteiger partial charge in [0.15, 0.2) is 0 Å². The Morgan fingerprint density at radius 1 is 1.43 bits per heavy atom. The summed E-state index contributed by atoms with van der Waals surface area (Å²) < 4.78 is 0. The maximum atomic E-state index is 10.3. The van der Waals surface area contributed by atoms with Crippen molar-refractivity contribution in [1.82, 2.24) is 4.90 Å². The van der Waals surface area contributed by atoms with E-state index in [1.807, 2.05) is 11.9 Å². The summed E-state index contributed by atoms with van der Waals surface area (Å²) in [5, 5.41) is 17.8. The Hall–Kier alpha value is -0.610. The number of hydrogen-bond donors (Lipinski definition) is 2. The predicted octanol–water partition coefficient (Wildman–Crippen LogP) is 0.800. The lowest BCUT2D eigenvalue weighted by molar-refractivity contribution is -0.139. The molecule has 0 saturated carbocycles. The Morgan fingerprint density at radius 2 is 2.00 bits per heavy atom. The van der Waals surface area contributed by atoms with Crippen LogP contribution in [0, 0.1) is 5.92 Å². The number of nitrogens with zero attached hydrogens (tertiary/aromatic N) is 1. The molecule has 0 aromatic heterocycles. The van der Waals surface area contributed by atoms with Crippen LogP contribution in [0.4, 0.5) is 0 Å². The normalized spacial score (nSPS) is 13.6. The van der Waals surface area contributed by atoms with Crippen LogP contribution < -0.4 is 0 Å². The van der Waals surface area contributed by atoms with E-state index in [4.69, 9.17) is 5.11 Å². The molecule has 2 N–H and O–H groups in total. The van der Waals surface area contributed by atoms with E-state index in [0.29, 0.717) is 12.5 Å². The summed E-state index contributed by atoms with van der Waals surface area (Å²) in [5.74, 6) is -0.316. The zero-order valence-corrected chi connectivity index (χ0v) is 9.23. The van der Waals surface area contributed by atoms with E-state index in [0.717, 1.165) is 13.0 Å². The highest BCUT2D eigenvalue weighted by Crippen LogP contribution is 2.02. The molecule has 0 bridgehead atoms. The summed E-state index contributed by atoms with van der Waals surface area (Å²) in [6.45, 7) is 5.61. The third-order valence-corrected chi connectivity index (χ3v) is 2.02. The standard InChI is InChI=1S/C10H21NO3/c1-8(2)4-5-11(3)7-9(12)6-10(13)14/h8-9,12H,4-7H2,1-3H3,(H,13,14). The van der Waals surface area contributed by atoms with Gasteiger partial charge < -0.3 is 15.1 Å². The van der Waals surface area contributed by atoms with Gasteiger partial charge in [-0.05, 0) is 25.9 Å². The molecule has 0 aliphatic heterocycles. The van der Waals surface area contributed by atoms with Crippen LogP contribution in [0.3, 0.4) is 0 Å². The van der Waals surface area contributed by atoms with E-state index in [9.17, 15) is 9.90 Å². The number of carbonyl (C=O) groups is 1. The van der Waals surface area contributed by atoms with Crippen molar-refractivity contribution >= 4 is 5.97 Å². The van der Waals surface area contributed by atoms with Crippen LogP contribution in [0.5, 0.6) is 0 Å². The first kappa shape index (κ1) is 13.4. The molecule has 14 heavy (non-hydrogen) atoms. The first-order valence-corrected chi connectivity index (χ1v) is 5.00. The number of hydrogen-bond acceptors (Lipinski definition) is 3. The first-order chi connectivity index (χ1) is 6.41. The second-order valence-electron chi connectivity index (χ2n) is 4.20. The minimum absolute atomic E-state index is 0.175. The predicted molar refractivity (Wildman–Crippen MR) is 55.2 cm³/mol. The van der Waals surface area contributed by atoms with Gasteiger partial charge >= 0.3 is 5.97 Å². The molecule has 1 unspecified atom stereocenters. The molecule has 4 heteroatoms. The van der Waals surface area contributed by atoms with E-state index in [-0.39, 0.29) is 6.42 Å². The van der Waals surface area contributed by atoms with Crippen molar-refractivity contribution in [3.05, 3.63) is 0 Å². The van der Waals surface area contributed by atoms with Crippen LogP contribution in [-0.4, -0.2) is 47.3 Å². The lowest BCUT2D eigenvalue weighted by Crippen LogP contribution is -2.31. The fraction of sp³-hybridized carbons (Fsp3) is 0.900. The van der Waals surface area contributed by atoms with Crippen LogP contribution in [0.15, 0.2) is 0 Å². The van der Waals surface area contributed by atoms with Crippen LogP contribution in [-0.2, 0) is 4.79 Å². The van der Waals surface area contributed by atoms with Gasteiger partial charge in [0.1, 0.15) is 0 Å². The molecule has 0 aliphatic carbocycles. The molecule has 0 amide bonds. The molecule has 0 fully saturated rings. The number of likely N-dealkylation sites (N-methyl/N-ethyl adjacent to an activating group) is 1. The SMILES string of the molecule is CC(C)CCN(C)CC(O)CC(=O)O. The average molecular weight is 203 g/mol. The van der Waals surface area contributed by atoms with E-state index >= 15 is 0 Å². The van der Waals surface area contributed by atoms with Gasteiger partial charge in [0, 0.05) is 6.54 Å². The highest BCUT2D eigenvalue weighted by molar-refractivity contribution is 5.67. The van der Waals surface area contributed by atoms with Crippen LogP contribution >= 0.6 is 0 Å². The number of aliphatic hydroxyl groups excluding tert-OH is 1. The fourth-order valence-electron chi connectivity index (χ4n) is 1.20. The molecule has 0 rings (SSSR count). The van der Waals surface area contributed by atoms with Crippen LogP contribution in [0.25, 0.3) is 0 Å². The second kappa shape index (κ2) is 6.79. The Bertz CT molecular complexity index is 171. The Labute approximate surface area is 85.5 Å². The third-order valence-electron chi connectivity index (χ3n) is 2.02. The number of carboxylic acids is 1. The minimum atomic E-state index is -0.949. The third kappa shape index (κ3) is 8.01. The van der Waals surface area contributed by atoms with E-state index < -0.39 is 12.1 Å². The molecule has 0 heterocycles. The van der Waals surface area contributed by atoms with Crippen molar-refractivity contribution in [1.29, 1.82) is 0 Å². The highest BCUT2D eigenvalue weighted by atomic mass is 16.4. The summed E-state index contributed by atoms with van der Waals surface area (Å²) in [7, 11) is 1.90. The molecule has 4 nitrogen and oxygen atoms in total. The van der Waals surface area contributed by atoms with E-state index in [1.165, 1.54) is 0 Å². The molecular formula is C10H21NO3. The van der Waals surface area contributed by atoms with Gasteiger partial charge in [0.25, 0.3) is 0 Å². The van der Waals surface area contributed by atoms with Crippen LogP contribution in [0.1, 0.15) is 26.7 Å². The van der Waals surface area contributed by atoms with Gasteiger partial charge in [0.05, 0.1) is 12.5 Å². The molecular weight excluding hydrogens is 182 g/mol. The molecule has 0 aromatic rings. The summed E-state index contributed by atoms with van der Waals surface area (Å²) >= 11 is 0. The number of aliphatic carboxylic acids is 1. The molecule has 0 saturated heterocycles. The lowest BCUT2D eigenvalue weighted by atomic mass is 10.1. The molecule has 0 spiro atoms. The zero-order valence-electron chi connectivity index (χ0n) is 9.23. The van der Waals surface area contributed by atoms with Crippen molar-refractivity contribution in [2.45, 2.75) is 32.8 Å². The Balaban J connectivity index is 3.59. The maximum absolute atomic E-state index is 10.3. The molecule has 0 aromatic carbocycles. The van der Waals surface area contributed by atoms with Gasteiger partial charge in [-0.2, -0.15) is 0 Å². The Morgan fingerprint density at radius 3 is 2.43 bits per heavy atom. The van der Waals surface area contributed by atoms with Gasteiger partial charge in [-0.1, -0.05) is 13.8 Å². The van der Waals surface area contributed by atoms with E-state index in [1.54, 1.807) is 0 Å². The van der Waals surface area contributed by atoms with Gasteiger partial charge in [-0.25, -0.2) is 0 Å². The van der Waals surface area contributed by atoms with Crippen molar-refractivity contribution in [3.8, 4) is 0 Å². The van der Waals surface area contributed by atoms with Gasteiger partial charge in [0.2, 0.25) is 0 Å². The van der Waals surface area contributed by atoms with E-state index in [2.05, 4.69) is 13.8 Å². The van der Waals surface area contributed by atoms with Gasteiger partial charge in [-0.3, -0.25) is 4.79 Å². The largest absolute Gasteiger partial charge is 0.481 e. The number of aliphatic hydroxyl groups is 1. The average Bonchev–Trinajstić information content (AvgIpc) is 1.98. The minimum Gasteiger partial charge on any atom is -0.481 e. The smallest absolute Gasteiger partial charge is 0.306 e. The van der Waals surface area contributed by atoms with Crippen molar-refractivity contribution in [2.75, 3.05) is 20.1 Å².